The van der Waals surface area contributed by atoms with Crippen LogP contribution in [0.25, 0.3) is 11.3 Å². The minimum atomic E-state index is 0.402. The maximum absolute atomic E-state index is 4.90. The molecule has 4 rings (SSSR count). The molecular formula is C16H18BrN3. The number of fused-ring (bicyclic) bond motifs is 3. The van der Waals surface area contributed by atoms with Crippen LogP contribution in [0.4, 0.5) is 0 Å². The predicted molar refractivity (Wildman–Crippen MR) is 83.7 cm³/mol. The molecule has 1 aromatic carbocycles. The Bertz CT molecular complexity index is 639. The number of imidazole rings is 1. The summed E-state index contributed by atoms with van der Waals surface area (Å²) in [6.07, 6.45) is 6.07. The molecule has 2 N–H and O–H groups in total. The van der Waals surface area contributed by atoms with Gasteiger partial charge in [0, 0.05) is 22.2 Å². The molecule has 1 fully saturated rings. The lowest BCUT2D eigenvalue weighted by atomic mass is 10.1. The Morgan fingerprint density at radius 3 is 3.10 bits per heavy atom. The van der Waals surface area contributed by atoms with E-state index in [1.54, 1.807) is 0 Å². The molecule has 104 valence electrons. The van der Waals surface area contributed by atoms with Crippen molar-refractivity contribution in [2.24, 2.45) is 0 Å². The summed E-state index contributed by atoms with van der Waals surface area (Å²) in [5.74, 6) is 1.13. The molecule has 20 heavy (non-hydrogen) atoms. The molecule has 3 nitrogen and oxygen atoms in total. The van der Waals surface area contributed by atoms with E-state index in [2.05, 4.69) is 44.4 Å². The van der Waals surface area contributed by atoms with E-state index in [0.717, 1.165) is 24.5 Å². The number of nitrogens with one attached hydrogen (secondary N) is 2. The van der Waals surface area contributed by atoms with Crippen LogP contribution in [0, 0.1) is 0 Å². The number of nitrogens with zero attached hydrogens (tertiary/aromatic N) is 1. The second kappa shape index (κ2) is 5.01. The van der Waals surface area contributed by atoms with Gasteiger partial charge < -0.3 is 10.3 Å². The van der Waals surface area contributed by atoms with E-state index in [1.807, 2.05) is 0 Å². The van der Waals surface area contributed by atoms with E-state index in [-0.39, 0.29) is 0 Å². The first-order valence-corrected chi connectivity index (χ1v) is 8.22. The number of H-pyrrole nitrogens is 1. The molecule has 0 amide bonds. The molecule has 2 aromatic rings. The van der Waals surface area contributed by atoms with Crippen LogP contribution in [0.5, 0.6) is 0 Å². The van der Waals surface area contributed by atoms with Crippen molar-refractivity contribution in [3.63, 3.8) is 0 Å². The molecule has 2 heterocycles. The van der Waals surface area contributed by atoms with Crippen molar-refractivity contribution in [2.75, 3.05) is 6.54 Å². The molecule has 0 spiro atoms. The first-order valence-electron chi connectivity index (χ1n) is 7.43. The summed E-state index contributed by atoms with van der Waals surface area (Å²) in [5, 5.41) is 3.62. The van der Waals surface area contributed by atoms with Gasteiger partial charge in [0.1, 0.15) is 5.82 Å². The number of rotatable bonds is 1. The fourth-order valence-corrected chi connectivity index (χ4v) is 3.85. The van der Waals surface area contributed by atoms with E-state index in [4.69, 9.17) is 4.98 Å². The Labute approximate surface area is 127 Å². The van der Waals surface area contributed by atoms with Crippen molar-refractivity contribution in [3.05, 3.63) is 39.8 Å². The molecule has 1 aliphatic heterocycles. The first-order chi connectivity index (χ1) is 9.83. The van der Waals surface area contributed by atoms with Crippen molar-refractivity contribution >= 4 is 15.9 Å². The maximum atomic E-state index is 4.90. The van der Waals surface area contributed by atoms with E-state index >= 15 is 0 Å². The van der Waals surface area contributed by atoms with Crippen LogP contribution >= 0.6 is 15.9 Å². The van der Waals surface area contributed by atoms with Gasteiger partial charge in [0.05, 0.1) is 11.7 Å². The van der Waals surface area contributed by atoms with Gasteiger partial charge in [-0.1, -0.05) is 40.9 Å². The zero-order valence-corrected chi connectivity index (χ0v) is 13.0. The second-order valence-corrected chi connectivity index (χ2v) is 6.60. The van der Waals surface area contributed by atoms with Gasteiger partial charge in [0.2, 0.25) is 0 Å². The molecule has 1 aliphatic carbocycles. The van der Waals surface area contributed by atoms with Gasteiger partial charge in [0.15, 0.2) is 0 Å². The number of aromatic nitrogens is 2. The molecular weight excluding hydrogens is 314 g/mol. The van der Waals surface area contributed by atoms with Crippen molar-refractivity contribution in [2.45, 2.75) is 38.1 Å². The highest BCUT2D eigenvalue weighted by Gasteiger charge is 2.26. The maximum Gasteiger partial charge on any atom is 0.124 e. The second-order valence-electron chi connectivity index (χ2n) is 5.75. The smallest absolute Gasteiger partial charge is 0.124 e. The van der Waals surface area contributed by atoms with Gasteiger partial charge in [-0.25, -0.2) is 4.98 Å². The van der Waals surface area contributed by atoms with E-state index in [0.29, 0.717) is 6.04 Å². The van der Waals surface area contributed by atoms with Crippen LogP contribution < -0.4 is 5.32 Å². The SMILES string of the molecule is Brc1cccc2c1Cc1[nH]c(C3CCCCCN3)nc1-2. The van der Waals surface area contributed by atoms with Gasteiger partial charge in [0.25, 0.3) is 0 Å². The third kappa shape index (κ3) is 2.02. The van der Waals surface area contributed by atoms with Crippen molar-refractivity contribution in [1.29, 1.82) is 0 Å². The quantitative estimate of drug-likeness (QED) is 0.708. The standard InChI is InChI=1S/C16H18BrN3/c17-12-6-4-5-10-11(12)9-14-15(10)20-16(19-14)13-7-2-1-3-8-18-13/h4-6,13,18H,1-3,7-9H2,(H,19,20). The lowest BCUT2D eigenvalue weighted by Gasteiger charge is -2.13. The highest BCUT2D eigenvalue weighted by atomic mass is 79.9. The van der Waals surface area contributed by atoms with Crippen LogP contribution in [0.15, 0.2) is 22.7 Å². The van der Waals surface area contributed by atoms with Crippen LogP contribution in [0.3, 0.4) is 0 Å². The summed E-state index contributed by atoms with van der Waals surface area (Å²) in [4.78, 5) is 8.47. The Morgan fingerprint density at radius 2 is 2.15 bits per heavy atom. The molecule has 1 atom stereocenters. The first kappa shape index (κ1) is 12.6. The summed E-state index contributed by atoms with van der Waals surface area (Å²) in [5.41, 5.74) is 5.07. The Balaban J connectivity index is 1.69. The van der Waals surface area contributed by atoms with Crippen LogP contribution in [-0.2, 0) is 6.42 Å². The summed E-state index contributed by atoms with van der Waals surface area (Å²) < 4.78 is 1.19. The lowest BCUT2D eigenvalue weighted by Crippen LogP contribution is -2.21. The summed E-state index contributed by atoms with van der Waals surface area (Å²) in [6, 6.07) is 6.78. The largest absolute Gasteiger partial charge is 0.344 e. The number of hydrogen-bond donors (Lipinski definition) is 2. The minimum Gasteiger partial charge on any atom is -0.344 e. The molecule has 0 radical (unpaired) electrons. The zero-order chi connectivity index (χ0) is 13.5. The average Bonchev–Trinajstić information content (AvgIpc) is 2.87. The number of halogens is 1. The fraction of sp³-hybridized carbons (Fsp3) is 0.438. The highest BCUT2D eigenvalue weighted by molar-refractivity contribution is 9.10. The highest BCUT2D eigenvalue weighted by Crippen LogP contribution is 2.39. The van der Waals surface area contributed by atoms with Gasteiger partial charge in [-0.2, -0.15) is 0 Å². The van der Waals surface area contributed by atoms with Gasteiger partial charge in [-0.05, 0) is 31.0 Å². The van der Waals surface area contributed by atoms with Crippen LogP contribution in [0.2, 0.25) is 0 Å². The number of benzene rings is 1. The van der Waals surface area contributed by atoms with Crippen molar-refractivity contribution in [1.82, 2.24) is 15.3 Å². The topological polar surface area (TPSA) is 40.7 Å². The van der Waals surface area contributed by atoms with E-state index in [9.17, 15) is 0 Å². The molecule has 1 saturated heterocycles. The summed E-state index contributed by atoms with van der Waals surface area (Å²) >= 11 is 3.64. The minimum absolute atomic E-state index is 0.402. The molecule has 0 saturated carbocycles. The summed E-state index contributed by atoms with van der Waals surface area (Å²) in [6.45, 7) is 1.11. The van der Waals surface area contributed by atoms with Gasteiger partial charge in [-0.3, -0.25) is 0 Å². The van der Waals surface area contributed by atoms with E-state index in [1.165, 1.54) is 47.0 Å². The fourth-order valence-electron chi connectivity index (χ4n) is 3.34. The third-order valence-electron chi connectivity index (χ3n) is 4.41. The monoisotopic (exact) mass is 331 g/mol. The van der Waals surface area contributed by atoms with Crippen molar-refractivity contribution < 1.29 is 0 Å². The third-order valence-corrected chi connectivity index (χ3v) is 5.16. The lowest BCUT2D eigenvalue weighted by molar-refractivity contribution is 0.511. The normalized spacial score (nSPS) is 21.4. The Kier molecular flexibility index (Phi) is 3.15. The average molecular weight is 332 g/mol. The summed E-state index contributed by atoms with van der Waals surface area (Å²) in [7, 11) is 0. The van der Waals surface area contributed by atoms with Crippen LogP contribution in [0.1, 0.15) is 48.8 Å². The van der Waals surface area contributed by atoms with Gasteiger partial charge in [-0.15, -0.1) is 0 Å². The van der Waals surface area contributed by atoms with Crippen molar-refractivity contribution in [3.8, 4) is 11.3 Å². The molecule has 4 heteroatoms. The Hall–Kier alpha value is -1.13. The molecule has 2 aliphatic rings. The van der Waals surface area contributed by atoms with E-state index < -0.39 is 0 Å². The van der Waals surface area contributed by atoms with Crippen LogP contribution in [-0.4, -0.2) is 16.5 Å². The zero-order valence-electron chi connectivity index (χ0n) is 11.4. The Morgan fingerprint density at radius 1 is 1.20 bits per heavy atom. The molecule has 1 aromatic heterocycles. The molecule has 0 bridgehead atoms. The molecule has 1 unspecified atom stereocenters. The predicted octanol–water partition coefficient (Wildman–Crippen LogP) is 3.95. The van der Waals surface area contributed by atoms with Gasteiger partial charge >= 0.3 is 0 Å². The number of aromatic amines is 1. The number of hydrogen-bond acceptors (Lipinski definition) is 2.